The van der Waals surface area contributed by atoms with E-state index in [0.29, 0.717) is 12.8 Å². The fourth-order valence-electron chi connectivity index (χ4n) is 1.26. The zero-order valence-electron chi connectivity index (χ0n) is 7.30. The Bertz CT molecular complexity index is 114. The second-order valence-corrected chi connectivity index (χ2v) is 2.95. The van der Waals surface area contributed by atoms with Crippen molar-refractivity contribution in [3.8, 4) is 0 Å². The molecule has 2 heteroatoms. The van der Waals surface area contributed by atoms with Crippen LogP contribution in [0.3, 0.4) is 0 Å². The molecule has 2 nitrogen and oxygen atoms in total. The number of hydrogen-bond donors (Lipinski definition) is 0. The van der Waals surface area contributed by atoms with Crippen LogP contribution in [0.5, 0.6) is 0 Å². The summed E-state index contributed by atoms with van der Waals surface area (Å²) in [5.41, 5.74) is -0.0521. The minimum absolute atomic E-state index is 0.0521. The lowest BCUT2D eigenvalue weighted by Gasteiger charge is -2.26. The Labute approximate surface area is 68.0 Å². The quantitative estimate of drug-likeness (QED) is 0.551. The zero-order chi connectivity index (χ0) is 8.74. The van der Waals surface area contributed by atoms with Crippen molar-refractivity contribution in [3.05, 3.63) is 0 Å². The van der Waals surface area contributed by atoms with Crippen molar-refractivity contribution < 1.29 is 9.59 Å². The van der Waals surface area contributed by atoms with Gasteiger partial charge in [0.1, 0.15) is 12.6 Å². The van der Waals surface area contributed by atoms with Crippen molar-refractivity contribution in [1.29, 1.82) is 0 Å². The molecule has 0 amide bonds. The fourth-order valence-corrected chi connectivity index (χ4v) is 1.26. The molecule has 0 aliphatic carbocycles. The Hall–Kier alpha value is -0.660. The van der Waals surface area contributed by atoms with Crippen LogP contribution in [-0.2, 0) is 9.59 Å². The molecule has 0 unspecified atom stereocenters. The SMILES string of the molecule is CCC(CC)(CC=O)CC=O. The highest BCUT2D eigenvalue weighted by Crippen LogP contribution is 2.32. The summed E-state index contributed by atoms with van der Waals surface area (Å²) in [6.07, 6.45) is 4.66. The monoisotopic (exact) mass is 156 g/mol. The van der Waals surface area contributed by atoms with Crippen molar-refractivity contribution in [1.82, 2.24) is 0 Å². The van der Waals surface area contributed by atoms with Crippen LogP contribution >= 0.6 is 0 Å². The maximum atomic E-state index is 10.3. The molecule has 0 saturated heterocycles. The van der Waals surface area contributed by atoms with Gasteiger partial charge in [-0.1, -0.05) is 13.8 Å². The van der Waals surface area contributed by atoms with Crippen LogP contribution in [0, 0.1) is 5.41 Å². The van der Waals surface area contributed by atoms with Crippen LogP contribution in [0.1, 0.15) is 39.5 Å². The van der Waals surface area contributed by atoms with Gasteiger partial charge < -0.3 is 9.59 Å². The molecule has 0 aliphatic heterocycles. The molecule has 0 spiro atoms. The Balaban J connectivity index is 4.17. The van der Waals surface area contributed by atoms with Crippen LogP contribution in [0.25, 0.3) is 0 Å². The number of aldehydes is 2. The van der Waals surface area contributed by atoms with Crippen molar-refractivity contribution in [2.75, 3.05) is 0 Å². The van der Waals surface area contributed by atoms with E-state index >= 15 is 0 Å². The third kappa shape index (κ3) is 2.83. The first-order valence-electron chi connectivity index (χ1n) is 4.12. The molecule has 0 aromatic rings. The van der Waals surface area contributed by atoms with Crippen LogP contribution in [0.15, 0.2) is 0 Å². The summed E-state index contributed by atoms with van der Waals surface area (Å²) in [5, 5.41) is 0. The summed E-state index contributed by atoms with van der Waals surface area (Å²) >= 11 is 0. The first-order valence-corrected chi connectivity index (χ1v) is 4.12. The average Bonchev–Trinajstić information content (AvgIpc) is 2.04. The Morgan fingerprint density at radius 2 is 1.36 bits per heavy atom. The number of rotatable bonds is 6. The van der Waals surface area contributed by atoms with E-state index in [1.807, 2.05) is 13.8 Å². The normalized spacial score (nSPS) is 11.1. The standard InChI is InChI=1S/C9H16O2/c1-3-9(4-2,5-7-10)6-8-11/h7-8H,3-6H2,1-2H3. The van der Waals surface area contributed by atoms with E-state index in [0.717, 1.165) is 25.4 Å². The zero-order valence-corrected chi connectivity index (χ0v) is 7.30. The maximum absolute atomic E-state index is 10.3. The first-order chi connectivity index (χ1) is 5.24. The van der Waals surface area contributed by atoms with Crippen molar-refractivity contribution in [3.63, 3.8) is 0 Å². The van der Waals surface area contributed by atoms with Crippen LogP contribution in [0.4, 0.5) is 0 Å². The van der Waals surface area contributed by atoms with Gasteiger partial charge in [-0.2, -0.15) is 0 Å². The maximum Gasteiger partial charge on any atom is 0.120 e. The lowest BCUT2D eigenvalue weighted by atomic mass is 9.77. The molecule has 64 valence electrons. The molecule has 0 aliphatic rings. The van der Waals surface area contributed by atoms with E-state index in [4.69, 9.17) is 0 Å². The lowest BCUT2D eigenvalue weighted by molar-refractivity contribution is -0.112. The van der Waals surface area contributed by atoms with E-state index in [1.165, 1.54) is 0 Å². The summed E-state index contributed by atoms with van der Waals surface area (Å²) in [5.74, 6) is 0. The molecule has 0 rings (SSSR count). The van der Waals surface area contributed by atoms with Crippen molar-refractivity contribution >= 4 is 12.6 Å². The second kappa shape index (κ2) is 5.05. The van der Waals surface area contributed by atoms with Gasteiger partial charge in [0.2, 0.25) is 0 Å². The predicted octanol–water partition coefficient (Wildman–Crippen LogP) is 1.97. The molecule has 0 heterocycles. The average molecular weight is 156 g/mol. The fraction of sp³-hybridized carbons (Fsp3) is 0.778. The summed E-state index contributed by atoms with van der Waals surface area (Å²) in [6, 6.07) is 0. The molecule has 0 N–H and O–H groups in total. The van der Waals surface area contributed by atoms with Gasteiger partial charge in [0, 0.05) is 12.8 Å². The Morgan fingerprint density at radius 1 is 1.00 bits per heavy atom. The molecule has 0 fully saturated rings. The molecule has 0 atom stereocenters. The van der Waals surface area contributed by atoms with Gasteiger partial charge in [0.25, 0.3) is 0 Å². The lowest BCUT2D eigenvalue weighted by Crippen LogP contribution is -2.19. The largest absolute Gasteiger partial charge is 0.303 e. The molecule has 11 heavy (non-hydrogen) atoms. The van der Waals surface area contributed by atoms with Gasteiger partial charge in [0.05, 0.1) is 0 Å². The van der Waals surface area contributed by atoms with Gasteiger partial charge in [0.15, 0.2) is 0 Å². The van der Waals surface area contributed by atoms with Crippen LogP contribution in [-0.4, -0.2) is 12.6 Å². The molecule has 0 aromatic carbocycles. The molecule has 0 aromatic heterocycles. The minimum Gasteiger partial charge on any atom is -0.303 e. The summed E-state index contributed by atoms with van der Waals surface area (Å²) in [7, 11) is 0. The van der Waals surface area contributed by atoms with E-state index < -0.39 is 0 Å². The highest BCUT2D eigenvalue weighted by atomic mass is 16.1. The second-order valence-electron chi connectivity index (χ2n) is 2.95. The molecule has 0 radical (unpaired) electrons. The number of hydrogen-bond acceptors (Lipinski definition) is 2. The van der Waals surface area contributed by atoms with Crippen LogP contribution in [0.2, 0.25) is 0 Å². The van der Waals surface area contributed by atoms with Gasteiger partial charge >= 0.3 is 0 Å². The molecule has 0 saturated carbocycles. The van der Waals surface area contributed by atoms with Gasteiger partial charge in [-0.15, -0.1) is 0 Å². The highest BCUT2D eigenvalue weighted by Gasteiger charge is 2.24. The van der Waals surface area contributed by atoms with E-state index in [9.17, 15) is 9.59 Å². The highest BCUT2D eigenvalue weighted by molar-refractivity contribution is 5.55. The smallest absolute Gasteiger partial charge is 0.120 e. The number of carbonyl (C=O) groups is 2. The van der Waals surface area contributed by atoms with Crippen molar-refractivity contribution in [2.24, 2.45) is 5.41 Å². The topological polar surface area (TPSA) is 34.1 Å². The Morgan fingerprint density at radius 3 is 1.55 bits per heavy atom. The molecular formula is C9H16O2. The predicted molar refractivity (Wildman–Crippen MR) is 44.4 cm³/mol. The van der Waals surface area contributed by atoms with Gasteiger partial charge in [-0.3, -0.25) is 0 Å². The first kappa shape index (κ1) is 10.3. The minimum atomic E-state index is -0.0521. The third-order valence-corrected chi connectivity index (χ3v) is 2.53. The van der Waals surface area contributed by atoms with E-state index in [2.05, 4.69) is 0 Å². The van der Waals surface area contributed by atoms with E-state index in [-0.39, 0.29) is 5.41 Å². The molecular weight excluding hydrogens is 140 g/mol. The van der Waals surface area contributed by atoms with Gasteiger partial charge in [-0.05, 0) is 18.3 Å². The Kier molecular flexibility index (Phi) is 4.75. The van der Waals surface area contributed by atoms with Crippen molar-refractivity contribution in [2.45, 2.75) is 39.5 Å². The van der Waals surface area contributed by atoms with Crippen LogP contribution < -0.4 is 0 Å². The third-order valence-electron chi connectivity index (χ3n) is 2.53. The number of carbonyl (C=O) groups excluding carboxylic acids is 2. The molecule has 0 bridgehead atoms. The summed E-state index contributed by atoms with van der Waals surface area (Å²) < 4.78 is 0. The summed E-state index contributed by atoms with van der Waals surface area (Å²) in [6.45, 7) is 4.05. The van der Waals surface area contributed by atoms with Gasteiger partial charge in [-0.25, -0.2) is 0 Å². The van der Waals surface area contributed by atoms with E-state index in [1.54, 1.807) is 0 Å². The summed E-state index contributed by atoms with van der Waals surface area (Å²) in [4.78, 5) is 20.6.